The molecule has 1 heteroatoms. The third-order valence-corrected chi connectivity index (χ3v) is 2.82. The van der Waals surface area contributed by atoms with Crippen molar-refractivity contribution in [3.8, 4) is 0 Å². The van der Waals surface area contributed by atoms with Gasteiger partial charge in [0.15, 0.2) is 0 Å². The van der Waals surface area contributed by atoms with Crippen molar-refractivity contribution >= 4 is 0 Å². The molecule has 0 aromatic carbocycles. The van der Waals surface area contributed by atoms with Crippen molar-refractivity contribution in [3.63, 3.8) is 0 Å². The van der Waals surface area contributed by atoms with Crippen LogP contribution in [0.1, 0.15) is 39.5 Å². The summed E-state index contributed by atoms with van der Waals surface area (Å²) in [6.45, 7) is 5.61. The average molecular weight is 152 g/mol. The molecule has 62 valence electrons. The van der Waals surface area contributed by atoms with E-state index in [1.807, 2.05) is 0 Å². The first-order valence-electron chi connectivity index (χ1n) is 4.51. The van der Waals surface area contributed by atoms with Crippen LogP contribution in [0.4, 0.5) is 0 Å². The van der Waals surface area contributed by atoms with Crippen LogP contribution in [0.2, 0.25) is 0 Å². The predicted molar refractivity (Wildman–Crippen MR) is 45.2 cm³/mol. The molecule has 2 aliphatic rings. The fraction of sp³-hybridized carbons (Fsp3) is 0.800. The predicted octanol–water partition coefficient (Wildman–Crippen LogP) is 2.87. The zero-order valence-electron chi connectivity index (χ0n) is 7.44. The number of allylic oxidation sites excluding steroid dienone is 1. The number of rotatable bonds is 0. The van der Waals surface area contributed by atoms with Gasteiger partial charge in [0, 0.05) is 12.8 Å². The van der Waals surface area contributed by atoms with E-state index < -0.39 is 0 Å². The van der Waals surface area contributed by atoms with Gasteiger partial charge in [0.1, 0.15) is 0 Å². The topological polar surface area (TPSA) is 9.23 Å². The van der Waals surface area contributed by atoms with E-state index in [1.54, 1.807) is 5.57 Å². The lowest BCUT2D eigenvalue weighted by molar-refractivity contribution is 0.189. The van der Waals surface area contributed by atoms with Gasteiger partial charge in [-0.1, -0.05) is 13.8 Å². The number of hydrogen-bond donors (Lipinski definition) is 0. The summed E-state index contributed by atoms with van der Waals surface area (Å²) in [6, 6.07) is 0. The molecule has 0 aromatic heterocycles. The zero-order chi connectivity index (χ0) is 7.90. The van der Waals surface area contributed by atoms with Crippen LogP contribution in [0.5, 0.6) is 0 Å². The van der Waals surface area contributed by atoms with Crippen molar-refractivity contribution in [2.24, 2.45) is 5.41 Å². The van der Waals surface area contributed by atoms with Gasteiger partial charge in [-0.15, -0.1) is 0 Å². The summed E-state index contributed by atoms with van der Waals surface area (Å²) in [4.78, 5) is 0. The summed E-state index contributed by atoms with van der Waals surface area (Å²) in [5.74, 6) is 1.32. The molecule has 0 N–H and O–H groups in total. The summed E-state index contributed by atoms with van der Waals surface area (Å²) >= 11 is 0. The van der Waals surface area contributed by atoms with Crippen molar-refractivity contribution in [1.82, 2.24) is 0 Å². The lowest BCUT2D eigenvalue weighted by Crippen LogP contribution is -2.17. The summed E-state index contributed by atoms with van der Waals surface area (Å²) in [7, 11) is 0. The third kappa shape index (κ3) is 1.29. The molecule has 0 aromatic rings. The molecule has 0 saturated heterocycles. The third-order valence-electron chi connectivity index (χ3n) is 2.82. The number of hydrogen-bond acceptors (Lipinski definition) is 1. The molecule has 2 rings (SSSR count). The minimum Gasteiger partial charge on any atom is -0.498 e. The highest BCUT2D eigenvalue weighted by atomic mass is 16.5. The Morgan fingerprint density at radius 3 is 2.91 bits per heavy atom. The minimum atomic E-state index is 0.489. The Kier molecular flexibility index (Phi) is 1.48. The monoisotopic (exact) mass is 152 g/mol. The van der Waals surface area contributed by atoms with Crippen LogP contribution in [-0.2, 0) is 4.74 Å². The normalized spacial score (nSPS) is 28.2. The van der Waals surface area contributed by atoms with Gasteiger partial charge in [-0.25, -0.2) is 0 Å². The Bertz CT molecular complexity index is 201. The van der Waals surface area contributed by atoms with Crippen LogP contribution in [0.3, 0.4) is 0 Å². The molecule has 0 spiro atoms. The minimum absolute atomic E-state index is 0.489. The SMILES string of the molecule is CC1(C)CCC2=C(C1)OCC2. The highest BCUT2D eigenvalue weighted by Gasteiger charge is 2.30. The smallest absolute Gasteiger partial charge is 0.0958 e. The standard InChI is InChI=1S/C10H16O/c1-10(2)5-3-8-4-6-11-9(8)7-10/h3-7H2,1-2H3. The van der Waals surface area contributed by atoms with Crippen LogP contribution < -0.4 is 0 Å². The van der Waals surface area contributed by atoms with Crippen molar-refractivity contribution in [3.05, 3.63) is 11.3 Å². The highest BCUT2D eigenvalue weighted by molar-refractivity contribution is 5.17. The van der Waals surface area contributed by atoms with Crippen LogP contribution in [0.15, 0.2) is 11.3 Å². The van der Waals surface area contributed by atoms with Crippen LogP contribution >= 0.6 is 0 Å². The lowest BCUT2D eigenvalue weighted by Gasteiger charge is -2.29. The molecule has 1 aliphatic carbocycles. The summed E-state index contributed by atoms with van der Waals surface area (Å²) in [5.41, 5.74) is 2.09. The molecule has 0 amide bonds. The quantitative estimate of drug-likeness (QED) is 0.518. The summed E-state index contributed by atoms with van der Waals surface area (Å²) in [6.07, 6.45) is 4.99. The van der Waals surface area contributed by atoms with Gasteiger partial charge in [-0.05, 0) is 23.8 Å². The summed E-state index contributed by atoms with van der Waals surface area (Å²) < 4.78 is 5.57. The average Bonchev–Trinajstić information content (AvgIpc) is 2.31. The first-order valence-corrected chi connectivity index (χ1v) is 4.51. The molecule has 0 bridgehead atoms. The van der Waals surface area contributed by atoms with Crippen molar-refractivity contribution in [2.75, 3.05) is 6.61 Å². The molecule has 1 aliphatic heterocycles. The molecule has 0 fully saturated rings. The second kappa shape index (κ2) is 2.26. The molecule has 11 heavy (non-hydrogen) atoms. The highest BCUT2D eigenvalue weighted by Crippen LogP contribution is 2.42. The Morgan fingerprint density at radius 2 is 2.09 bits per heavy atom. The molecule has 0 atom stereocenters. The molecule has 0 radical (unpaired) electrons. The second-order valence-corrected chi connectivity index (χ2v) is 4.47. The van der Waals surface area contributed by atoms with E-state index in [0.29, 0.717) is 5.41 Å². The molecule has 0 saturated carbocycles. The maximum Gasteiger partial charge on any atom is 0.0958 e. The molecule has 1 heterocycles. The van der Waals surface area contributed by atoms with Crippen molar-refractivity contribution < 1.29 is 4.74 Å². The largest absolute Gasteiger partial charge is 0.498 e. The molecule has 1 nitrogen and oxygen atoms in total. The van der Waals surface area contributed by atoms with E-state index in [0.717, 1.165) is 6.61 Å². The van der Waals surface area contributed by atoms with Gasteiger partial charge in [-0.3, -0.25) is 0 Å². The number of ether oxygens (including phenoxy) is 1. The molecular weight excluding hydrogens is 136 g/mol. The van der Waals surface area contributed by atoms with E-state index in [-0.39, 0.29) is 0 Å². The molecule has 0 unspecified atom stereocenters. The Balaban J connectivity index is 2.17. The lowest BCUT2D eigenvalue weighted by atomic mass is 9.77. The summed E-state index contributed by atoms with van der Waals surface area (Å²) in [5, 5.41) is 0. The van der Waals surface area contributed by atoms with Crippen LogP contribution in [0.25, 0.3) is 0 Å². The van der Waals surface area contributed by atoms with E-state index in [2.05, 4.69) is 13.8 Å². The van der Waals surface area contributed by atoms with Crippen LogP contribution in [-0.4, -0.2) is 6.61 Å². The van der Waals surface area contributed by atoms with E-state index >= 15 is 0 Å². The van der Waals surface area contributed by atoms with E-state index in [9.17, 15) is 0 Å². The second-order valence-electron chi connectivity index (χ2n) is 4.47. The van der Waals surface area contributed by atoms with E-state index in [1.165, 1.54) is 31.4 Å². The van der Waals surface area contributed by atoms with Crippen LogP contribution in [0, 0.1) is 5.41 Å². The van der Waals surface area contributed by atoms with Gasteiger partial charge < -0.3 is 4.74 Å². The fourth-order valence-electron chi connectivity index (χ4n) is 1.99. The maximum absolute atomic E-state index is 5.57. The van der Waals surface area contributed by atoms with Gasteiger partial charge in [0.05, 0.1) is 12.4 Å². The van der Waals surface area contributed by atoms with Crippen molar-refractivity contribution in [2.45, 2.75) is 39.5 Å². The van der Waals surface area contributed by atoms with Gasteiger partial charge in [0.2, 0.25) is 0 Å². The zero-order valence-corrected chi connectivity index (χ0v) is 7.44. The fourth-order valence-corrected chi connectivity index (χ4v) is 1.99. The first-order chi connectivity index (χ1) is 5.17. The molecular formula is C10H16O. The Morgan fingerprint density at radius 1 is 1.27 bits per heavy atom. The van der Waals surface area contributed by atoms with Gasteiger partial charge in [0.25, 0.3) is 0 Å². The Labute approximate surface area is 68.4 Å². The van der Waals surface area contributed by atoms with Crippen molar-refractivity contribution in [1.29, 1.82) is 0 Å². The first kappa shape index (κ1) is 7.20. The van der Waals surface area contributed by atoms with Gasteiger partial charge in [-0.2, -0.15) is 0 Å². The Hall–Kier alpha value is -0.460. The maximum atomic E-state index is 5.57. The van der Waals surface area contributed by atoms with Gasteiger partial charge >= 0.3 is 0 Å². The van der Waals surface area contributed by atoms with E-state index in [4.69, 9.17) is 4.74 Å².